The molecule has 9 heteroatoms. The number of benzene rings is 2. The summed E-state index contributed by atoms with van der Waals surface area (Å²) >= 11 is 0. The van der Waals surface area contributed by atoms with Crippen molar-refractivity contribution in [1.82, 2.24) is 5.32 Å². The van der Waals surface area contributed by atoms with E-state index in [2.05, 4.69) is 25.9 Å². The fourth-order valence-corrected chi connectivity index (χ4v) is 3.09. The second kappa shape index (κ2) is 7.63. The number of hydrogen-bond acceptors (Lipinski definition) is 5. The SMILES string of the molecule is O=C(Nc1cccc(F)c1)Nc1cc(F)cc(C(=O)C2=CNC3N=CC=NC23)c1. The van der Waals surface area contributed by atoms with Crippen LogP contribution < -0.4 is 16.0 Å². The number of nitrogens with zero attached hydrogens (tertiary/aromatic N) is 2. The van der Waals surface area contributed by atoms with Crippen molar-refractivity contribution in [3.8, 4) is 0 Å². The van der Waals surface area contributed by atoms with Gasteiger partial charge in [0.1, 0.15) is 23.8 Å². The molecule has 2 aromatic rings. The van der Waals surface area contributed by atoms with Gasteiger partial charge in [0.15, 0.2) is 5.78 Å². The Hall–Kier alpha value is -3.88. The highest BCUT2D eigenvalue weighted by Crippen LogP contribution is 2.25. The Labute approximate surface area is 164 Å². The highest BCUT2D eigenvalue weighted by atomic mass is 19.1. The van der Waals surface area contributed by atoms with Crippen molar-refractivity contribution in [2.45, 2.75) is 12.2 Å². The fourth-order valence-electron chi connectivity index (χ4n) is 3.09. The van der Waals surface area contributed by atoms with Gasteiger partial charge in [0.25, 0.3) is 0 Å². The predicted octanol–water partition coefficient (Wildman–Crippen LogP) is 3.13. The summed E-state index contributed by atoms with van der Waals surface area (Å²) in [7, 11) is 0. The van der Waals surface area contributed by atoms with Gasteiger partial charge in [-0.1, -0.05) is 6.07 Å². The molecule has 0 spiro atoms. The average molecular weight is 395 g/mol. The number of carbonyl (C=O) groups excluding carboxylic acids is 2. The van der Waals surface area contributed by atoms with Gasteiger partial charge in [0.2, 0.25) is 0 Å². The number of hydrogen-bond donors (Lipinski definition) is 3. The molecule has 2 unspecified atom stereocenters. The summed E-state index contributed by atoms with van der Waals surface area (Å²) < 4.78 is 27.3. The number of ketones is 1. The lowest BCUT2D eigenvalue weighted by molar-refractivity contribution is 0.102. The molecular weight excluding hydrogens is 380 g/mol. The van der Waals surface area contributed by atoms with Crippen LogP contribution in [-0.4, -0.2) is 36.5 Å². The lowest BCUT2D eigenvalue weighted by Crippen LogP contribution is -2.32. The molecule has 29 heavy (non-hydrogen) atoms. The van der Waals surface area contributed by atoms with Gasteiger partial charge in [-0.05, 0) is 36.4 Å². The highest BCUT2D eigenvalue weighted by Gasteiger charge is 2.34. The van der Waals surface area contributed by atoms with Gasteiger partial charge in [-0.25, -0.2) is 13.6 Å². The molecule has 7 nitrogen and oxygen atoms in total. The van der Waals surface area contributed by atoms with E-state index in [-0.39, 0.29) is 23.1 Å². The molecule has 2 heterocycles. The van der Waals surface area contributed by atoms with E-state index in [1.54, 1.807) is 0 Å². The topological polar surface area (TPSA) is 95.0 Å². The largest absolute Gasteiger partial charge is 0.367 e. The van der Waals surface area contributed by atoms with E-state index < -0.39 is 29.5 Å². The Balaban J connectivity index is 1.50. The zero-order chi connectivity index (χ0) is 20.4. The lowest BCUT2D eigenvalue weighted by atomic mass is 9.98. The van der Waals surface area contributed by atoms with Crippen molar-refractivity contribution in [3.63, 3.8) is 0 Å². The van der Waals surface area contributed by atoms with Crippen molar-refractivity contribution in [1.29, 1.82) is 0 Å². The number of halogens is 2. The molecule has 2 amide bonds. The second-order valence-corrected chi connectivity index (χ2v) is 6.40. The quantitative estimate of drug-likeness (QED) is 0.694. The molecule has 2 aliphatic rings. The fraction of sp³-hybridized carbons (Fsp3) is 0.100. The van der Waals surface area contributed by atoms with Gasteiger partial charge >= 0.3 is 6.03 Å². The molecule has 2 aliphatic heterocycles. The number of amides is 2. The third-order valence-electron chi connectivity index (χ3n) is 4.35. The van der Waals surface area contributed by atoms with Gasteiger partial charge in [-0.2, -0.15) is 0 Å². The normalized spacial score (nSPS) is 19.2. The van der Waals surface area contributed by atoms with E-state index in [1.165, 1.54) is 42.9 Å². The van der Waals surface area contributed by atoms with Crippen LogP contribution in [0.15, 0.2) is 64.2 Å². The third kappa shape index (κ3) is 4.03. The van der Waals surface area contributed by atoms with E-state index in [1.807, 2.05) is 0 Å². The Morgan fingerprint density at radius 2 is 1.69 bits per heavy atom. The summed E-state index contributed by atoms with van der Waals surface area (Å²) in [6, 6.07) is 7.67. The Morgan fingerprint density at radius 3 is 2.52 bits per heavy atom. The third-order valence-corrected chi connectivity index (χ3v) is 4.35. The summed E-state index contributed by atoms with van der Waals surface area (Å²) in [4.78, 5) is 33.4. The first-order valence-electron chi connectivity index (χ1n) is 8.69. The number of anilines is 2. The van der Waals surface area contributed by atoms with Crippen LogP contribution in [0.3, 0.4) is 0 Å². The minimum atomic E-state index is -0.701. The Bertz CT molecular complexity index is 1080. The number of Topliss-reactive ketones (excluding diaryl/α,β-unsaturated/α-hetero) is 1. The molecule has 4 rings (SSSR count). The van der Waals surface area contributed by atoms with Crippen LogP contribution >= 0.6 is 0 Å². The molecule has 0 fully saturated rings. The first kappa shape index (κ1) is 18.5. The number of rotatable bonds is 4. The van der Waals surface area contributed by atoms with E-state index >= 15 is 0 Å². The van der Waals surface area contributed by atoms with E-state index in [9.17, 15) is 18.4 Å². The minimum Gasteiger partial charge on any atom is -0.367 e. The molecule has 146 valence electrons. The first-order valence-corrected chi connectivity index (χ1v) is 8.69. The molecule has 0 bridgehead atoms. The van der Waals surface area contributed by atoms with Crippen molar-refractivity contribution < 1.29 is 18.4 Å². The molecule has 0 saturated heterocycles. The van der Waals surface area contributed by atoms with Crippen LogP contribution in [0, 0.1) is 11.6 Å². The lowest BCUT2D eigenvalue weighted by Gasteiger charge is -2.17. The first-order chi connectivity index (χ1) is 14.0. The average Bonchev–Trinajstić information content (AvgIpc) is 3.11. The van der Waals surface area contributed by atoms with Crippen molar-refractivity contribution in [2.75, 3.05) is 10.6 Å². The summed E-state index contributed by atoms with van der Waals surface area (Å²) in [5, 5.41) is 7.83. The number of urea groups is 1. The van der Waals surface area contributed by atoms with E-state index in [4.69, 9.17) is 0 Å². The predicted molar refractivity (Wildman–Crippen MR) is 106 cm³/mol. The summed E-state index contributed by atoms with van der Waals surface area (Å²) in [5.41, 5.74) is 0.725. The maximum Gasteiger partial charge on any atom is 0.323 e. The number of fused-ring (bicyclic) bond motifs is 1. The molecule has 0 aromatic heterocycles. The van der Waals surface area contributed by atoms with Crippen LogP contribution in [0.4, 0.5) is 25.0 Å². The maximum absolute atomic E-state index is 14.1. The Morgan fingerprint density at radius 1 is 0.931 bits per heavy atom. The monoisotopic (exact) mass is 395 g/mol. The van der Waals surface area contributed by atoms with Gasteiger partial charge < -0.3 is 16.0 Å². The van der Waals surface area contributed by atoms with Crippen LogP contribution in [0.2, 0.25) is 0 Å². The smallest absolute Gasteiger partial charge is 0.323 e. The number of nitrogens with one attached hydrogen (secondary N) is 3. The summed E-state index contributed by atoms with van der Waals surface area (Å²) in [6.07, 6.45) is 4.20. The molecule has 3 N–H and O–H groups in total. The van der Waals surface area contributed by atoms with Crippen LogP contribution in [0.5, 0.6) is 0 Å². The van der Waals surface area contributed by atoms with Crippen LogP contribution in [0.25, 0.3) is 0 Å². The van der Waals surface area contributed by atoms with Gasteiger partial charge in [-0.15, -0.1) is 0 Å². The molecule has 0 saturated carbocycles. The summed E-state index contributed by atoms with van der Waals surface area (Å²) in [6.45, 7) is 0. The molecular formula is C20H15F2N5O2. The van der Waals surface area contributed by atoms with Crippen LogP contribution in [0.1, 0.15) is 10.4 Å². The molecule has 0 radical (unpaired) electrons. The minimum absolute atomic E-state index is 0.0597. The molecule has 2 aromatic carbocycles. The highest BCUT2D eigenvalue weighted by molar-refractivity contribution is 6.17. The van der Waals surface area contributed by atoms with Gasteiger partial charge in [0, 0.05) is 41.1 Å². The zero-order valence-corrected chi connectivity index (χ0v) is 14.9. The molecule has 2 atom stereocenters. The zero-order valence-electron chi connectivity index (χ0n) is 14.9. The maximum atomic E-state index is 14.1. The van der Waals surface area contributed by atoms with Crippen LogP contribution in [-0.2, 0) is 0 Å². The standard InChI is InChI=1S/C20H15F2N5O2/c21-12-2-1-3-14(8-12)26-20(29)27-15-7-11(6-13(22)9-15)18(28)16-10-25-19-17(16)23-4-5-24-19/h1-10,17,19,25H,(H2,26,27,29). The number of carbonyl (C=O) groups is 2. The van der Waals surface area contributed by atoms with Gasteiger partial charge in [0.05, 0.1) is 0 Å². The number of aliphatic imine (C=N–C) groups is 2. The molecule has 0 aliphatic carbocycles. The van der Waals surface area contributed by atoms with Crippen molar-refractivity contribution in [2.24, 2.45) is 9.98 Å². The van der Waals surface area contributed by atoms with E-state index in [0.29, 0.717) is 5.57 Å². The second-order valence-electron chi connectivity index (χ2n) is 6.40. The van der Waals surface area contributed by atoms with Crippen molar-refractivity contribution >= 4 is 35.6 Å². The Kier molecular flexibility index (Phi) is 4.86. The van der Waals surface area contributed by atoms with Crippen molar-refractivity contribution in [3.05, 3.63) is 71.4 Å². The van der Waals surface area contributed by atoms with E-state index in [0.717, 1.165) is 18.2 Å². The van der Waals surface area contributed by atoms with Gasteiger partial charge in [-0.3, -0.25) is 14.8 Å². The summed E-state index contributed by atoms with van der Waals surface area (Å²) in [5.74, 6) is -1.62.